The minimum absolute atomic E-state index is 0.470. The Morgan fingerprint density at radius 3 is 2.00 bits per heavy atom. The third kappa shape index (κ3) is 4.85. The van der Waals surface area contributed by atoms with Gasteiger partial charge in [-0.2, -0.15) is 0 Å². The van der Waals surface area contributed by atoms with Crippen molar-refractivity contribution in [2.24, 2.45) is 0 Å². The summed E-state index contributed by atoms with van der Waals surface area (Å²) < 4.78 is 5.67. The molecule has 7 heteroatoms. The molecule has 5 nitrogen and oxygen atoms in total. The first-order valence-corrected chi connectivity index (χ1v) is 11.1. The van der Waals surface area contributed by atoms with Gasteiger partial charge in [0, 0.05) is 10.0 Å². The summed E-state index contributed by atoms with van der Waals surface area (Å²) in [5.74, 6) is 0. The molecule has 4 N–H and O–H groups in total. The summed E-state index contributed by atoms with van der Waals surface area (Å²) in [6, 6.07) is 21.0. The summed E-state index contributed by atoms with van der Waals surface area (Å²) in [6.07, 6.45) is -5.44. The molecule has 3 aromatic rings. The Labute approximate surface area is 196 Å². The SMILES string of the molecule is OC[C@H]1O[C@@H](c2ccc(Cl)c(Cc3ccc(-c4ccc(Cl)cc4)cc3)c2)[C@H](O)[C@@H](O)[C@@H]1O. The van der Waals surface area contributed by atoms with Gasteiger partial charge in [0.15, 0.2) is 0 Å². The maximum absolute atomic E-state index is 10.4. The molecule has 0 aromatic heterocycles. The van der Waals surface area contributed by atoms with Gasteiger partial charge in [-0.25, -0.2) is 0 Å². The van der Waals surface area contributed by atoms with E-state index in [-0.39, 0.29) is 0 Å². The largest absolute Gasteiger partial charge is 0.394 e. The topological polar surface area (TPSA) is 90.2 Å². The Morgan fingerprint density at radius 1 is 0.750 bits per heavy atom. The first-order valence-electron chi connectivity index (χ1n) is 10.3. The number of aliphatic hydroxyl groups is 4. The molecule has 1 fully saturated rings. The average molecular weight is 475 g/mol. The summed E-state index contributed by atoms with van der Waals surface area (Å²) in [6.45, 7) is -0.470. The van der Waals surface area contributed by atoms with E-state index in [1.165, 1.54) is 0 Å². The van der Waals surface area contributed by atoms with Crippen LogP contribution in [0.15, 0.2) is 66.7 Å². The predicted molar refractivity (Wildman–Crippen MR) is 124 cm³/mol. The fourth-order valence-electron chi connectivity index (χ4n) is 3.96. The molecule has 1 aliphatic heterocycles. The number of hydrogen-bond donors (Lipinski definition) is 4. The molecule has 1 aliphatic rings. The van der Waals surface area contributed by atoms with Crippen molar-refractivity contribution in [1.82, 2.24) is 0 Å². The second-order valence-corrected chi connectivity index (χ2v) is 8.82. The maximum Gasteiger partial charge on any atom is 0.113 e. The van der Waals surface area contributed by atoms with Crippen LogP contribution in [0.1, 0.15) is 22.8 Å². The summed E-state index contributed by atoms with van der Waals surface area (Å²) >= 11 is 12.4. The summed E-state index contributed by atoms with van der Waals surface area (Å²) in [7, 11) is 0. The molecule has 0 amide bonds. The molecule has 0 aliphatic carbocycles. The summed E-state index contributed by atoms with van der Waals surface area (Å²) in [5.41, 5.74) is 4.64. The average Bonchev–Trinajstić information content (AvgIpc) is 2.80. The highest BCUT2D eigenvalue weighted by Gasteiger charge is 2.44. The molecule has 1 saturated heterocycles. The van der Waals surface area contributed by atoms with Gasteiger partial charge in [0.2, 0.25) is 0 Å². The smallest absolute Gasteiger partial charge is 0.113 e. The van der Waals surface area contributed by atoms with Crippen LogP contribution in [0.5, 0.6) is 0 Å². The van der Waals surface area contributed by atoms with E-state index in [2.05, 4.69) is 0 Å². The zero-order chi connectivity index (χ0) is 22.8. The normalized spacial score (nSPS) is 25.6. The lowest BCUT2D eigenvalue weighted by Gasteiger charge is -2.40. The van der Waals surface area contributed by atoms with Crippen molar-refractivity contribution in [2.45, 2.75) is 36.9 Å². The van der Waals surface area contributed by atoms with Crippen LogP contribution in [0.3, 0.4) is 0 Å². The Morgan fingerprint density at radius 2 is 1.38 bits per heavy atom. The van der Waals surface area contributed by atoms with E-state index in [0.29, 0.717) is 22.0 Å². The quantitative estimate of drug-likeness (QED) is 0.451. The van der Waals surface area contributed by atoms with Crippen LogP contribution in [0, 0.1) is 0 Å². The van der Waals surface area contributed by atoms with Crippen LogP contribution in [0.2, 0.25) is 10.0 Å². The lowest BCUT2D eigenvalue weighted by Crippen LogP contribution is -2.55. The van der Waals surface area contributed by atoms with Gasteiger partial charge in [0.25, 0.3) is 0 Å². The van der Waals surface area contributed by atoms with Crippen molar-refractivity contribution in [3.05, 3.63) is 93.5 Å². The number of benzene rings is 3. The minimum Gasteiger partial charge on any atom is -0.394 e. The molecule has 0 unspecified atom stereocenters. The fourth-order valence-corrected chi connectivity index (χ4v) is 4.27. The van der Waals surface area contributed by atoms with Crippen molar-refractivity contribution < 1.29 is 25.2 Å². The second kappa shape index (κ2) is 9.89. The third-order valence-electron chi connectivity index (χ3n) is 5.82. The number of rotatable bonds is 5. The van der Waals surface area contributed by atoms with E-state index in [4.69, 9.17) is 27.9 Å². The molecule has 0 bridgehead atoms. The number of hydrogen-bond acceptors (Lipinski definition) is 5. The van der Waals surface area contributed by atoms with Gasteiger partial charge in [0.05, 0.1) is 6.61 Å². The number of halogens is 2. The second-order valence-electron chi connectivity index (χ2n) is 7.98. The molecule has 168 valence electrons. The molecule has 0 spiro atoms. The molecular formula is C25H24Cl2O5. The fraction of sp³-hybridized carbons (Fsp3) is 0.280. The highest BCUT2D eigenvalue weighted by molar-refractivity contribution is 6.31. The van der Waals surface area contributed by atoms with Gasteiger partial charge in [-0.1, -0.05) is 71.7 Å². The number of aliphatic hydroxyl groups excluding tert-OH is 4. The molecule has 3 aromatic carbocycles. The molecular weight excluding hydrogens is 451 g/mol. The molecule has 0 saturated carbocycles. The Balaban J connectivity index is 1.55. The van der Waals surface area contributed by atoms with Crippen LogP contribution < -0.4 is 0 Å². The van der Waals surface area contributed by atoms with Crippen molar-refractivity contribution >= 4 is 23.2 Å². The van der Waals surface area contributed by atoms with E-state index in [1.807, 2.05) is 54.6 Å². The first-order chi connectivity index (χ1) is 15.4. The Kier molecular flexibility index (Phi) is 7.17. The molecule has 5 atom stereocenters. The van der Waals surface area contributed by atoms with E-state index in [0.717, 1.165) is 22.3 Å². The minimum atomic E-state index is -1.43. The van der Waals surface area contributed by atoms with Gasteiger partial charge in [-0.05, 0) is 52.4 Å². The standard InChI is InChI=1S/C25H24Cl2O5/c26-19-8-5-16(6-9-19)15-3-1-14(2-4-15)11-18-12-17(7-10-20(18)27)25-24(31)23(30)22(29)21(13-28)32-25/h1-10,12,21-25,28-31H,11,13H2/t21-,22-,23+,24-,25+/m1/s1. The monoisotopic (exact) mass is 474 g/mol. The number of ether oxygens (including phenoxy) is 1. The highest BCUT2D eigenvalue weighted by Crippen LogP contribution is 2.34. The van der Waals surface area contributed by atoms with Crippen LogP contribution in [0.4, 0.5) is 0 Å². The molecule has 4 rings (SSSR count). The Bertz CT molecular complexity index is 1050. The summed E-state index contributed by atoms with van der Waals surface area (Å²) in [4.78, 5) is 0. The first kappa shape index (κ1) is 23.2. The lowest BCUT2D eigenvalue weighted by molar-refractivity contribution is -0.231. The van der Waals surface area contributed by atoms with Crippen LogP contribution >= 0.6 is 23.2 Å². The summed E-state index contributed by atoms with van der Waals surface area (Å²) in [5, 5.41) is 41.2. The van der Waals surface area contributed by atoms with Crippen LogP contribution in [-0.4, -0.2) is 51.4 Å². The van der Waals surface area contributed by atoms with E-state index in [1.54, 1.807) is 12.1 Å². The third-order valence-corrected chi connectivity index (χ3v) is 6.44. The van der Waals surface area contributed by atoms with Crippen LogP contribution in [0.25, 0.3) is 11.1 Å². The predicted octanol–water partition coefficient (Wildman–Crippen LogP) is 3.77. The van der Waals surface area contributed by atoms with E-state index in [9.17, 15) is 20.4 Å². The van der Waals surface area contributed by atoms with Crippen molar-refractivity contribution in [2.75, 3.05) is 6.61 Å². The van der Waals surface area contributed by atoms with Gasteiger partial charge in [0.1, 0.15) is 30.5 Å². The van der Waals surface area contributed by atoms with Crippen molar-refractivity contribution in [3.63, 3.8) is 0 Å². The lowest BCUT2D eigenvalue weighted by atomic mass is 9.90. The molecule has 0 radical (unpaired) electrons. The van der Waals surface area contributed by atoms with Crippen LogP contribution in [-0.2, 0) is 11.2 Å². The molecule has 1 heterocycles. The highest BCUT2D eigenvalue weighted by atomic mass is 35.5. The van der Waals surface area contributed by atoms with Crippen molar-refractivity contribution in [1.29, 1.82) is 0 Å². The maximum atomic E-state index is 10.4. The van der Waals surface area contributed by atoms with Crippen molar-refractivity contribution in [3.8, 4) is 11.1 Å². The van der Waals surface area contributed by atoms with Gasteiger partial charge >= 0.3 is 0 Å². The Hall–Kier alpha value is -1.96. The molecule has 32 heavy (non-hydrogen) atoms. The van der Waals surface area contributed by atoms with Gasteiger partial charge in [-0.15, -0.1) is 0 Å². The van der Waals surface area contributed by atoms with E-state index >= 15 is 0 Å². The van der Waals surface area contributed by atoms with Gasteiger partial charge in [-0.3, -0.25) is 0 Å². The zero-order valence-corrected chi connectivity index (χ0v) is 18.6. The van der Waals surface area contributed by atoms with E-state index < -0.39 is 37.1 Å². The van der Waals surface area contributed by atoms with Gasteiger partial charge < -0.3 is 25.2 Å². The zero-order valence-electron chi connectivity index (χ0n) is 17.1.